The lowest BCUT2D eigenvalue weighted by Gasteiger charge is -2.22. The van der Waals surface area contributed by atoms with Crippen LogP contribution in [0.15, 0.2) is 18.2 Å². The number of rotatable bonds is 6. The number of halogens is 3. The molecular weight excluding hydrogens is 269 g/mol. The molecule has 0 radical (unpaired) electrons. The minimum Gasteiger partial charge on any atom is -0.508 e. The Morgan fingerprint density at radius 3 is 2.50 bits per heavy atom. The molecule has 6 heteroatoms. The van der Waals surface area contributed by atoms with Crippen LogP contribution >= 0.6 is 0 Å². The van der Waals surface area contributed by atoms with E-state index in [9.17, 15) is 18.3 Å². The van der Waals surface area contributed by atoms with Gasteiger partial charge in [0.25, 0.3) is 0 Å². The van der Waals surface area contributed by atoms with E-state index in [1.54, 1.807) is 12.1 Å². The van der Waals surface area contributed by atoms with Gasteiger partial charge in [-0.25, -0.2) is 0 Å². The predicted octanol–water partition coefficient (Wildman–Crippen LogP) is 3.45. The minimum absolute atomic E-state index is 0.00706. The van der Waals surface area contributed by atoms with Crippen molar-refractivity contribution in [3.63, 3.8) is 0 Å². The molecule has 0 aliphatic rings. The van der Waals surface area contributed by atoms with E-state index in [-0.39, 0.29) is 11.8 Å². The van der Waals surface area contributed by atoms with E-state index < -0.39 is 12.7 Å². The average Bonchev–Trinajstić information content (AvgIpc) is 2.33. The first-order chi connectivity index (χ1) is 9.24. The van der Waals surface area contributed by atoms with E-state index in [0.717, 1.165) is 17.9 Å². The van der Waals surface area contributed by atoms with E-state index in [1.807, 2.05) is 13.8 Å². The standard InChI is InChI=1S/C14H21F3N2O/c1-4-7-18-10(2)12-6-5-11(8-13(12)20)19(3)9-14(15,16)17/h5-6,8,10,18,20H,4,7,9H2,1-3H3. The molecular formula is C14H21F3N2O. The van der Waals surface area contributed by atoms with Crippen molar-refractivity contribution in [2.45, 2.75) is 32.5 Å². The number of phenolic OH excluding ortho intramolecular Hbond substituents is 1. The van der Waals surface area contributed by atoms with E-state index >= 15 is 0 Å². The third-order valence-corrected chi connectivity index (χ3v) is 3.04. The van der Waals surface area contributed by atoms with Gasteiger partial charge in [-0.2, -0.15) is 13.2 Å². The van der Waals surface area contributed by atoms with Crippen molar-refractivity contribution < 1.29 is 18.3 Å². The Balaban J connectivity index is 2.82. The quantitative estimate of drug-likeness (QED) is 0.842. The molecule has 0 spiro atoms. The summed E-state index contributed by atoms with van der Waals surface area (Å²) in [5.41, 5.74) is 1.02. The normalized spacial score (nSPS) is 13.3. The maximum absolute atomic E-state index is 12.3. The van der Waals surface area contributed by atoms with Crippen molar-refractivity contribution in [1.29, 1.82) is 0 Å². The van der Waals surface area contributed by atoms with E-state index in [4.69, 9.17) is 0 Å². The van der Waals surface area contributed by atoms with Crippen LogP contribution in [-0.2, 0) is 0 Å². The summed E-state index contributed by atoms with van der Waals surface area (Å²) in [5, 5.41) is 13.2. The van der Waals surface area contributed by atoms with Crippen LogP contribution in [0.25, 0.3) is 0 Å². The molecule has 3 nitrogen and oxygen atoms in total. The first-order valence-electron chi connectivity index (χ1n) is 6.58. The summed E-state index contributed by atoms with van der Waals surface area (Å²) in [7, 11) is 1.35. The summed E-state index contributed by atoms with van der Waals surface area (Å²) >= 11 is 0. The van der Waals surface area contributed by atoms with Gasteiger partial charge in [0, 0.05) is 30.4 Å². The lowest BCUT2D eigenvalue weighted by atomic mass is 10.1. The molecule has 0 aliphatic heterocycles. The Morgan fingerprint density at radius 1 is 1.35 bits per heavy atom. The first kappa shape index (κ1) is 16.6. The number of benzene rings is 1. The number of hydrogen-bond acceptors (Lipinski definition) is 3. The van der Waals surface area contributed by atoms with E-state index in [1.165, 1.54) is 13.1 Å². The van der Waals surface area contributed by atoms with Crippen LogP contribution in [0.1, 0.15) is 31.9 Å². The Morgan fingerprint density at radius 2 is 2.00 bits per heavy atom. The van der Waals surface area contributed by atoms with Gasteiger partial charge < -0.3 is 15.3 Å². The van der Waals surface area contributed by atoms with Crippen molar-refractivity contribution in [2.75, 3.05) is 25.0 Å². The molecule has 1 aromatic rings. The van der Waals surface area contributed by atoms with E-state index in [0.29, 0.717) is 11.3 Å². The fourth-order valence-electron chi connectivity index (χ4n) is 1.97. The maximum Gasteiger partial charge on any atom is 0.405 e. The monoisotopic (exact) mass is 290 g/mol. The maximum atomic E-state index is 12.3. The molecule has 0 fully saturated rings. The number of anilines is 1. The second kappa shape index (κ2) is 6.83. The lowest BCUT2D eigenvalue weighted by Crippen LogP contribution is -2.30. The van der Waals surface area contributed by atoms with Gasteiger partial charge in [-0.05, 0) is 26.0 Å². The van der Waals surface area contributed by atoms with Crippen LogP contribution in [0.3, 0.4) is 0 Å². The van der Waals surface area contributed by atoms with Crippen molar-refractivity contribution in [2.24, 2.45) is 0 Å². The van der Waals surface area contributed by atoms with Gasteiger partial charge >= 0.3 is 6.18 Å². The van der Waals surface area contributed by atoms with Crippen LogP contribution < -0.4 is 10.2 Å². The van der Waals surface area contributed by atoms with Gasteiger partial charge in [-0.15, -0.1) is 0 Å². The fourth-order valence-corrected chi connectivity index (χ4v) is 1.97. The molecule has 0 bridgehead atoms. The fraction of sp³-hybridized carbons (Fsp3) is 0.571. The van der Waals surface area contributed by atoms with Crippen LogP contribution in [-0.4, -0.2) is 31.4 Å². The van der Waals surface area contributed by atoms with Crippen molar-refractivity contribution >= 4 is 5.69 Å². The number of phenols is 1. The zero-order chi connectivity index (χ0) is 15.3. The SMILES string of the molecule is CCCNC(C)c1ccc(N(C)CC(F)(F)F)cc1O. The van der Waals surface area contributed by atoms with Gasteiger partial charge in [0.15, 0.2) is 0 Å². The number of alkyl halides is 3. The highest BCUT2D eigenvalue weighted by Crippen LogP contribution is 2.30. The molecule has 1 atom stereocenters. The smallest absolute Gasteiger partial charge is 0.405 e. The largest absolute Gasteiger partial charge is 0.508 e. The Bertz CT molecular complexity index is 435. The van der Waals surface area contributed by atoms with Crippen LogP contribution in [0.5, 0.6) is 5.75 Å². The molecule has 0 aliphatic carbocycles. The predicted molar refractivity (Wildman–Crippen MR) is 74.1 cm³/mol. The second-order valence-electron chi connectivity index (χ2n) is 4.89. The topological polar surface area (TPSA) is 35.5 Å². The van der Waals surface area contributed by atoms with Gasteiger partial charge in [-0.1, -0.05) is 13.0 Å². The molecule has 0 heterocycles. The van der Waals surface area contributed by atoms with Crippen molar-refractivity contribution in [3.8, 4) is 5.75 Å². The molecule has 0 saturated heterocycles. The van der Waals surface area contributed by atoms with Crippen LogP contribution in [0, 0.1) is 0 Å². The summed E-state index contributed by atoms with van der Waals surface area (Å²) in [6, 6.07) is 4.57. The molecule has 0 saturated carbocycles. The van der Waals surface area contributed by atoms with Crippen LogP contribution in [0.2, 0.25) is 0 Å². The summed E-state index contributed by atoms with van der Waals surface area (Å²) < 4.78 is 37.0. The highest BCUT2D eigenvalue weighted by Gasteiger charge is 2.29. The van der Waals surface area contributed by atoms with Gasteiger partial charge in [0.05, 0.1) is 0 Å². The summed E-state index contributed by atoms with van der Waals surface area (Å²) in [6.45, 7) is 3.71. The van der Waals surface area contributed by atoms with Crippen LogP contribution in [0.4, 0.5) is 18.9 Å². The highest BCUT2D eigenvalue weighted by molar-refractivity contribution is 5.53. The Kier molecular flexibility index (Phi) is 5.68. The molecule has 1 unspecified atom stereocenters. The first-order valence-corrected chi connectivity index (χ1v) is 6.58. The third kappa shape index (κ3) is 4.92. The summed E-state index contributed by atoms with van der Waals surface area (Å²) in [4.78, 5) is 1.06. The number of nitrogens with zero attached hydrogens (tertiary/aromatic N) is 1. The number of hydrogen-bond donors (Lipinski definition) is 2. The highest BCUT2D eigenvalue weighted by atomic mass is 19.4. The number of aromatic hydroxyl groups is 1. The van der Waals surface area contributed by atoms with Gasteiger partial charge in [0.1, 0.15) is 12.3 Å². The molecule has 1 rings (SSSR count). The lowest BCUT2D eigenvalue weighted by molar-refractivity contribution is -0.119. The van der Waals surface area contributed by atoms with Gasteiger partial charge in [-0.3, -0.25) is 0 Å². The number of nitrogens with one attached hydrogen (secondary N) is 1. The second-order valence-corrected chi connectivity index (χ2v) is 4.89. The summed E-state index contributed by atoms with van der Waals surface area (Å²) in [5.74, 6) is 0.00706. The molecule has 20 heavy (non-hydrogen) atoms. The average molecular weight is 290 g/mol. The Hall–Kier alpha value is -1.43. The molecule has 2 N–H and O–H groups in total. The van der Waals surface area contributed by atoms with Gasteiger partial charge in [0.2, 0.25) is 0 Å². The van der Waals surface area contributed by atoms with E-state index in [2.05, 4.69) is 5.32 Å². The zero-order valence-corrected chi connectivity index (χ0v) is 12.0. The Labute approximate surface area is 117 Å². The third-order valence-electron chi connectivity index (χ3n) is 3.04. The van der Waals surface area contributed by atoms with Crippen molar-refractivity contribution in [1.82, 2.24) is 5.32 Å². The molecule has 0 aromatic heterocycles. The minimum atomic E-state index is -4.26. The summed E-state index contributed by atoms with van der Waals surface area (Å²) in [6.07, 6.45) is -3.30. The molecule has 0 amide bonds. The van der Waals surface area contributed by atoms with Crippen molar-refractivity contribution in [3.05, 3.63) is 23.8 Å². The molecule has 1 aromatic carbocycles. The molecule has 114 valence electrons. The zero-order valence-electron chi connectivity index (χ0n) is 12.0.